The number of nitrogens with zero attached hydrogens (tertiary/aromatic N) is 6. The van der Waals surface area contributed by atoms with Crippen LogP contribution in [0.15, 0.2) is 36.8 Å². The molecular weight excluding hydrogens is 491 g/mol. The third-order valence-corrected chi connectivity index (χ3v) is 7.74. The molecule has 1 saturated heterocycles. The molecule has 10 heteroatoms. The molecule has 200 valence electrons. The highest BCUT2D eigenvalue weighted by Crippen LogP contribution is 2.43. The van der Waals surface area contributed by atoms with Gasteiger partial charge < -0.3 is 9.88 Å². The first kappa shape index (κ1) is 26.2. The second-order valence-electron chi connectivity index (χ2n) is 10.5. The zero-order chi connectivity index (χ0) is 26.7. The van der Waals surface area contributed by atoms with E-state index in [1.54, 1.807) is 18.6 Å². The van der Waals surface area contributed by atoms with Crippen LogP contribution >= 0.6 is 0 Å². The van der Waals surface area contributed by atoms with E-state index in [2.05, 4.69) is 31.5 Å². The van der Waals surface area contributed by atoms with Crippen LogP contribution in [0, 0.1) is 17.2 Å². The molecule has 38 heavy (non-hydrogen) atoms. The largest absolute Gasteiger partial charge is 0.418 e. The van der Waals surface area contributed by atoms with E-state index < -0.39 is 11.7 Å². The minimum atomic E-state index is -4.51. The molecule has 0 spiro atoms. The van der Waals surface area contributed by atoms with E-state index in [4.69, 9.17) is 0 Å². The quantitative estimate of drug-likeness (QED) is 0.412. The molecule has 1 aliphatic heterocycles. The maximum absolute atomic E-state index is 14.0. The van der Waals surface area contributed by atoms with Crippen LogP contribution < -0.4 is 5.32 Å². The number of benzene rings is 1. The highest BCUT2D eigenvalue weighted by Gasteiger charge is 2.35. The van der Waals surface area contributed by atoms with Crippen LogP contribution in [0.5, 0.6) is 0 Å². The summed E-state index contributed by atoms with van der Waals surface area (Å²) in [6.07, 6.45) is 5.27. The van der Waals surface area contributed by atoms with Crippen molar-refractivity contribution in [1.82, 2.24) is 24.6 Å². The van der Waals surface area contributed by atoms with E-state index in [0.717, 1.165) is 56.6 Å². The number of likely N-dealkylation sites (tertiary alicyclic amines) is 1. The van der Waals surface area contributed by atoms with Crippen LogP contribution in [0.3, 0.4) is 0 Å². The number of halogens is 3. The van der Waals surface area contributed by atoms with Crippen molar-refractivity contribution in [1.29, 1.82) is 5.26 Å². The molecule has 3 heterocycles. The van der Waals surface area contributed by atoms with E-state index in [0.29, 0.717) is 29.3 Å². The molecule has 1 atom stereocenters. The lowest BCUT2D eigenvalue weighted by Crippen LogP contribution is -2.29. The zero-order valence-corrected chi connectivity index (χ0v) is 21.5. The Labute approximate surface area is 220 Å². The molecule has 1 saturated carbocycles. The Morgan fingerprint density at radius 1 is 1.11 bits per heavy atom. The lowest BCUT2D eigenvalue weighted by Gasteiger charge is -2.33. The summed E-state index contributed by atoms with van der Waals surface area (Å²) in [7, 11) is 1.90. The smallest absolute Gasteiger partial charge is 0.379 e. The maximum atomic E-state index is 14.0. The van der Waals surface area contributed by atoms with Crippen molar-refractivity contribution >= 4 is 5.69 Å². The van der Waals surface area contributed by atoms with E-state index >= 15 is 0 Å². The molecule has 0 radical (unpaired) electrons. The summed E-state index contributed by atoms with van der Waals surface area (Å²) >= 11 is 0. The highest BCUT2D eigenvalue weighted by atomic mass is 19.4. The number of nitriles is 1. The van der Waals surface area contributed by atoms with Gasteiger partial charge >= 0.3 is 6.18 Å². The molecule has 0 amide bonds. The van der Waals surface area contributed by atoms with Gasteiger partial charge in [0.15, 0.2) is 0 Å². The number of alkyl halides is 3. The van der Waals surface area contributed by atoms with Crippen LogP contribution in [0.1, 0.15) is 78.2 Å². The van der Waals surface area contributed by atoms with E-state index in [1.165, 1.54) is 12.5 Å². The lowest BCUT2D eigenvalue weighted by atomic mass is 9.72. The van der Waals surface area contributed by atoms with E-state index in [1.807, 2.05) is 23.7 Å². The fourth-order valence-electron chi connectivity index (χ4n) is 5.55. The summed E-state index contributed by atoms with van der Waals surface area (Å²) in [5.41, 5.74) is 1.72. The fraction of sp³-hybridized carbons (Fsp3) is 0.500. The van der Waals surface area contributed by atoms with Gasteiger partial charge in [0, 0.05) is 31.4 Å². The molecule has 3 aromatic rings. The number of anilines is 1. The van der Waals surface area contributed by atoms with Crippen molar-refractivity contribution in [2.45, 2.75) is 63.7 Å². The normalized spacial score (nSPS) is 17.6. The van der Waals surface area contributed by atoms with Gasteiger partial charge in [-0.1, -0.05) is 12.8 Å². The van der Waals surface area contributed by atoms with Crippen molar-refractivity contribution in [3.8, 4) is 6.07 Å². The first-order valence-corrected chi connectivity index (χ1v) is 13.2. The number of rotatable bonds is 8. The molecule has 2 aliphatic rings. The zero-order valence-electron chi connectivity index (χ0n) is 21.5. The average Bonchev–Trinajstić information content (AvgIpc) is 3.30. The Kier molecular flexibility index (Phi) is 7.65. The summed E-state index contributed by atoms with van der Waals surface area (Å²) in [6, 6.07) is 8.85. The van der Waals surface area contributed by atoms with Crippen LogP contribution in [-0.4, -0.2) is 37.7 Å². The van der Waals surface area contributed by atoms with Crippen molar-refractivity contribution in [3.05, 3.63) is 70.6 Å². The number of nitrogens with one attached hydrogen (secondary N) is 1. The van der Waals surface area contributed by atoms with Gasteiger partial charge in [0.05, 0.1) is 29.4 Å². The minimum absolute atomic E-state index is 0.0389. The average molecular weight is 524 g/mol. The number of pyridine rings is 1. The van der Waals surface area contributed by atoms with Crippen LogP contribution in [0.25, 0.3) is 0 Å². The molecule has 1 unspecified atom stereocenters. The van der Waals surface area contributed by atoms with Crippen molar-refractivity contribution in [2.24, 2.45) is 13.0 Å². The Morgan fingerprint density at radius 3 is 2.53 bits per heavy atom. The molecule has 2 aromatic heterocycles. The molecule has 7 nitrogen and oxygen atoms in total. The molecule has 1 aromatic carbocycles. The summed E-state index contributed by atoms with van der Waals surface area (Å²) in [5, 5.41) is 21.2. The number of aryl methyl sites for hydroxylation is 1. The van der Waals surface area contributed by atoms with Gasteiger partial charge in [-0.25, -0.2) is 0 Å². The molecule has 1 N–H and O–H groups in total. The Bertz CT molecular complexity index is 1300. The van der Waals surface area contributed by atoms with Gasteiger partial charge in [-0.2, -0.15) is 18.4 Å². The molecule has 0 bridgehead atoms. The maximum Gasteiger partial charge on any atom is 0.418 e. The molecular formula is C28H32F3N7. The third kappa shape index (κ3) is 5.83. The van der Waals surface area contributed by atoms with Crippen molar-refractivity contribution in [2.75, 3.05) is 18.4 Å². The first-order valence-electron chi connectivity index (χ1n) is 13.2. The van der Waals surface area contributed by atoms with Crippen LogP contribution in [0.2, 0.25) is 0 Å². The Balaban J connectivity index is 1.39. The predicted molar refractivity (Wildman–Crippen MR) is 137 cm³/mol. The van der Waals surface area contributed by atoms with Crippen molar-refractivity contribution < 1.29 is 13.2 Å². The van der Waals surface area contributed by atoms with E-state index in [-0.39, 0.29) is 18.2 Å². The summed E-state index contributed by atoms with van der Waals surface area (Å²) in [4.78, 5) is 6.42. The Hall–Kier alpha value is -3.45. The molecule has 5 rings (SSSR count). The SMILES string of the molecule is Cn1cnnc1C(c1cc(C#N)cc(NCc2ncc(CN3CCCCC3)cc2C(F)(F)F)c1)C1CCC1. The van der Waals surface area contributed by atoms with Gasteiger partial charge in [0.2, 0.25) is 0 Å². The summed E-state index contributed by atoms with van der Waals surface area (Å²) in [5.74, 6) is 1.16. The Morgan fingerprint density at radius 2 is 1.89 bits per heavy atom. The first-order chi connectivity index (χ1) is 18.3. The van der Waals surface area contributed by atoms with Gasteiger partial charge in [-0.15, -0.1) is 10.2 Å². The van der Waals surface area contributed by atoms with Gasteiger partial charge in [0.1, 0.15) is 12.2 Å². The molecule has 2 fully saturated rings. The number of piperidine rings is 1. The van der Waals surface area contributed by atoms with Gasteiger partial charge in [-0.3, -0.25) is 9.88 Å². The number of aromatic nitrogens is 4. The highest BCUT2D eigenvalue weighted by molar-refractivity contribution is 5.54. The van der Waals surface area contributed by atoms with Crippen molar-refractivity contribution in [3.63, 3.8) is 0 Å². The van der Waals surface area contributed by atoms with Crippen LogP contribution in [0.4, 0.5) is 18.9 Å². The number of hydrogen-bond donors (Lipinski definition) is 1. The predicted octanol–water partition coefficient (Wildman–Crippen LogP) is 5.63. The minimum Gasteiger partial charge on any atom is -0.379 e. The topological polar surface area (TPSA) is 82.7 Å². The number of hydrogen-bond acceptors (Lipinski definition) is 6. The monoisotopic (exact) mass is 523 g/mol. The van der Waals surface area contributed by atoms with Gasteiger partial charge in [-0.05, 0) is 80.1 Å². The fourth-order valence-corrected chi connectivity index (χ4v) is 5.55. The van der Waals surface area contributed by atoms with E-state index in [9.17, 15) is 18.4 Å². The lowest BCUT2D eigenvalue weighted by molar-refractivity contribution is -0.138. The summed E-state index contributed by atoms with van der Waals surface area (Å²) in [6.45, 7) is 2.17. The molecule has 1 aliphatic carbocycles. The van der Waals surface area contributed by atoms with Crippen LogP contribution in [-0.2, 0) is 26.3 Å². The second-order valence-corrected chi connectivity index (χ2v) is 10.5. The van der Waals surface area contributed by atoms with Gasteiger partial charge in [0.25, 0.3) is 0 Å². The standard InChI is InChI=1S/C28H32F3N7/c1-37-18-35-36-27(37)26(21-6-5-7-21)22-10-19(14-32)11-23(13-22)33-16-25-24(28(29,30)31)12-20(15-34-25)17-38-8-3-2-4-9-38/h10-13,15,18,21,26,33H,2-9,16-17H2,1H3. The third-order valence-electron chi connectivity index (χ3n) is 7.74. The second kappa shape index (κ2) is 11.1. The summed E-state index contributed by atoms with van der Waals surface area (Å²) < 4.78 is 43.9.